The van der Waals surface area contributed by atoms with Crippen LogP contribution < -0.4 is 10.6 Å². The molecule has 2 heterocycles. The summed E-state index contributed by atoms with van der Waals surface area (Å²) in [6.45, 7) is 3.41. The second-order valence-corrected chi connectivity index (χ2v) is 9.56. The molecule has 1 aliphatic heterocycles. The molecule has 3 amide bonds. The van der Waals surface area contributed by atoms with Crippen molar-refractivity contribution in [2.24, 2.45) is 5.92 Å². The van der Waals surface area contributed by atoms with Crippen LogP contribution in [0.5, 0.6) is 0 Å². The number of amides is 3. The van der Waals surface area contributed by atoms with E-state index in [0.717, 1.165) is 22.5 Å². The van der Waals surface area contributed by atoms with E-state index in [9.17, 15) is 14.4 Å². The zero-order valence-electron chi connectivity index (χ0n) is 18.6. The molecule has 34 heavy (non-hydrogen) atoms. The average molecular weight is 498 g/mol. The number of hydrogen-bond acceptors (Lipinski definition) is 6. The van der Waals surface area contributed by atoms with Crippen LogP contribution in [0.2, 0.25) is 5.02 Å². The average Bonchev–Trinajstić information content (AvgIpc) is 3.33. The van der Waals surface area contributed by atoms with Crippen LogP contribution in [0.1, 0.15) is 43.6 Å². The predicted molar refractivity (Wildman–Crippen MR) is 131 cm³/mol. The van der Waals surface area contributed by atoms with Gasteiger partial charge in [-0.2, -0.15) is 0 Å². The van der Waals surface area contributed by atoms with Gasteiger partial charge in [0.25, 0.3) is 11.8 Å². The molecule has 3 aromatic rings. The largest absolute Gasteiger partial charge is 0.352 e. The molecule has 176 valence electrons. The molecule has 0 saturated carbocycles. The highest BCUT2D eigenvalue weighted by molar-refractivity contribution is 7.15. The van der Waals surface area contributed by atoms with Gasteiger partial charge in [-0.15, -0.1) is 10.2 Å². The van der Waals surface area contributed by atoms with Crippen molar-refractivity contribution in [2.45, 2.75) is 26.3 Å². The lowest BCUT2D eigenvalue weighted by atomic mass is 9.95. The molecule has 0 unspecified atom stereocenters. The van der Waals surface area contributed by atoms with Crippen molar-refractivity contribution in [3.05, 3.63) is 74.7 Å². The van der Waals surface area contributed by atoms with E-state index in [4.69, 9.17) is 11.6 Å². The van der Waals surface area contributed by atoms with Gasteiger partial charge >= 0.3 is 0 Å². The number of anilines is 1. The smallest absolute Gasteiger partial charge is 0.286 e. The Morgan fingerprint density at radius 2 is 1.79 bits per heavy atom. The van der Waals surface area contributed by atoms with Crippen LogP contribution in [0.3, 0.4) is 0 Å². The molecular weight excluding hydrogens is 474 g/mol. The molecule has 0 radical (unpaired) electrons. The number of nitrogens with one attached hydrogen (secondary N) is 2. The maximum Gasteiger partial charge on any atom is 0.286 e. The Bertz CT molecular complexity index is 1210. The number of nitrogens with zero attached hydrogens (tertiary/aromatic N) is 3. The second-order valence-electron chi connectivity index (χ2n) is 8.15. The normalized spacial score (nSPS) is 14.0. The Balaban J connectivity index is 1.27. The number of benzene rings is 2. The first kappa shape index (κ1) is 23.8. The molecule has 2 N–H and O–H groups in total. The molecule has 10 heteroatoms. The topological polar surface area (TPSA) is 104 Å². The number of hydrogen-bond donors (Lipinski definition) is 2. The van der Waals surface area contributed by atoms with E-state index in [0.29, 0.717) is 43.2 Å². The number of carbonyl (C=O) groups is 3. The first-order valence-corrected chi connectivity index (χ1v) is 12.1. The van der Waals surface area contributed by atoms with Gasteiger partial charge in [-0.1, -0.05) is 58.8 Å². The first-order valence-electron chi connectivity index (χ1n) is 10.9. The summed E-state index contributed by atoms with van der Waals surface area (Å²) in [7, 11) is 0. The number of likely N-dealkylation sites (tertiary alicyclic amines) is 1. The van der Waals surface area contributed by atoms with Gasteiger partial charge in [-0.05, 0) is 43.5 Å². The van der Waals surface area contributed by atoms with E-state index in [1.54, 1.807) is 29.2 Å². The highest BCUT2D eigenvalue weighted by atomic mass is 35.5. The molecule has 0 spiro atoms. The molecule has 1 saturated heterocycles. The van der Waals surface area contributed by atoms with Crippen LogP contribution in [-0.4, -0.2) is 45.9 Å². The van der Waals surface area contributed by atoms with Crippen LogP contribution in [-0.2, 0) is 11.3 Å². The second kappa shape index (κ2) is 10.8. The van der Waals surface area contributed by atoms with E-state index >= 15 is 0 Å². The van der Waals surface area contributed by atoms with Gasteiger partial charge in [0.05, 0.1) is 0 Å². The minimum Gasteiger partial charge on any atom is -0.352 e. The molecule has 1 aliphatic rings. The lowest BCUT2D eigenvalue weighted by molar-refractivity contribution is -0.126. The lowest BCUT2D eigenvalue weighted by Crippen LogP contribution is -2.42. The van der Waals surface area contributed by atoms with E-state index < -0.39 is 5.91 Å². The van der Waals surface area contributed by atoms with Crippen molar-refractivity contribution >= 4 is 46.3 Å². The van der Waals surface area contributed by atoms with Crippen LogP contribution in [0.15, 0.2) is 48.5 Å². The quantitative estimate of drug-likeness (QED) is 0.537. The zero-order valence-corrected chi connectivity index (χ0v) is 20.2. The Morgan fingerprint density at radius 1 is 1.06 bits per heavy atom. The van der Waals surface area contributed by atoms with Gasteiger partial charge in [0.1, 0.15) is 0 Å². The maximum absolute atomic E-state index is 12.8. The standard InChI is InChI=1S/C24H24ClN5O3S/c1-15-4-2-5-16(12-15)14-26-20(31)17-8-10-30(11-9-17)24(33)23-29-28-22(34-23)21(32)27-19-7-3-6-18(25)13-19/h2-7,12-13,17H,8-11,14H2,1H3,(H,26,31)(H,27,32). The van der Waals surface area contributed by atoms with E-state index in [1.807, 2.05) is 31.2 Å². The molecule has 0 atom stereocenters. The van der Waals surface area contributed by atoms with Gasteiger partial charge in [0, 0.05) is 36.3 Å². The SMILES string of the molecule is Cc1cccc(CNC(=O)C2CCN(C(=O)c3nnc(C(=O)Nc4cccc(Cl)c4)s3)CC2)c1. The number of rotatable bonds is 6. The van der Waals surface area contributed by atoms with Crippen molar-refractivity contribution in [2.75, 3.05) is 18.4 Å². The fourth-order valence-corrected chi connectivity index (χ4v) is 4.68. The van der Waals surface area contributed by atoms with Crippen LogP contribution in [0, 0.1) is 12.8 Å². The van der Waals surface area contributed by atoms with E-state index in [-0.39, 0.29) is 27.7 Å². The van der Waals surface area contributed by atoms with Gasteiger partial charge in [-0.25, -0.2) is 0 Å². The fourth-order valence-electron chi connectivity index (χ4n) is 3.79. The van der Waals surface area contributed by atoms with Gasteiger partial charge in [0.2, 0.25) is 15.9 Å². The highest BCUT2D eigenvalue weighted by Crippen LogP contribution is 2.22. The third kappa shape index (κ3) is 5.98. The van der Waals surface area contributed by atoms with Crippen LogP contribution in [0.25, 0.3) is 0 Å². The zero-order chi connectivity index (χ0) is 24.1. The molecule has 1 fully saturated rings. The van der Waals surface area contributed by atoms with Gasteiger partial charge in [-0.3, -0.25) is 14.4 Å². The Kier molecular flexibility index (Phi) is 7.54. The minimum atomic E-state index is -0.456. The molecule has 0 bridgehead atoms. The fraction of sp³-hybridized carbons (Fsp3) is 0.292. The summed E-state index contributed by atoms with van der Waals surface area (Å²) in [5.41, 5.74) is 2.75. The summed E-state index contributed by atoms with van der Waals surface area (Å²) >= 11 is 6.88. The van der Waals surface area contributed by atoms with Crippen molar-refractivity contribution < 1.29 is 14.4 Å². The molecule has 2 aromatic carbocycles. The molecule has 4 rings (SSSR count). The van der Waals surface area contributed by atoms with E-state index in [2.05, 4.69) is 20.8 Å². The van der Waals surface area contributed by atoms with Crippen molar-refractivity contribution in [3.8, 4) is 0 Å². The number of piperidine rings is 1. The summed E-state index contributed by atoms with van der Waals surface area (Å²) < 4.78 is 0. The Labute approximate surface area is 206 Å². The summed E-state index contributed by atoms with van der Waals surface area (Å²) in [6, 6.07) is 14.8. The maximum atomic E-state index is 12.8. The summed E-state index contributed by atoms with van der Waals surface area (Å²) in [5.74, 6) is -0.868. The van der Waals surface area contributed by atoms with Crippen molar-refractivity contribution in [1.29, 1.82) is 0 Å². The summed E-state index contributed by atoms with van der Waals surface area (Å²) in [4.78, 5) is 39.5. The van der Waals surface area contributed by atoms with Crippen LogP contribution in [0.4, 0.5) is 5.69 Å². The van der Waals surface area contributed by atoms with Gasteiger partial charge in [0.15, 0.2) is 0 Å². The predicted octanol–water partition coefficient (Wildman–Crippen LogP) is 3.92. The van der Waals surface area contributed by atoms with E-state index in [1.165, 1.54) is 0 Å². The number of aromatic nitrogens is 2. The Hall–Kier alpha value is -3.30. The number of carbonyl (C=O) groups excluding carboxylic acids is 3. The molecule has 8 nitrogen and oxygen atoms in total. The Morgan fingerprint density at radius 3 is 2.53 bits per heavy atom. The minimum absolute atomic E-state index is 0.00416. The summed E-state index contributed by atoms with van der Waals surface area (Å²) in [5, 5.41) is 14.2. The van der Waals surface area contributed by atoms with Crippen molar-refractivity contribution in [3.63, 3.8) is 0 Å². The molecule has 1 aromatic heterocycles. The number of halogens is 1. The highest BCUT2D eigenvalue weighted by Gasteiger charge is 2.29. The third-order valence-electron chi connectivity index (χ3n) is 5.59. The summed E-state index contributed by atoms with van der Waals surface area (Å²) in [6.07, 6.45) is 1.15. The molecular formula is C24H24ClN5O3S. The lowest BCUT2D eigenvalue weighted by Gasteiger charge is -2.30. The third-order valence-corrected chi connectivity index (χ3v) is 6.73. The molecule has 0 aliphatic carbocycles. The number of aryl methyl sites for hydroxylation is 1. The van der Waals surface area contributed by atoms with Crippen molar-refractivity contribution in [1.82, 2.24) is 20.4 Å². The monoisotopic (exact) mass is 497 g/mol. The first-order chi connectivity index (χ1) is 16.4. The van der Waals surface area contributed by atoms with Crippen LogP contribution >= 0.6 is 22.9 Å². The van der Waals surface area contributed by atoms with Gasteiger partial charge < -0.3 is 15.5 Å².